The zero-order valence-electron chi connectivity index (χ0n) is 17.5. The van der Waals surface area contributed by atoms with Gasteiger partial charge in [0.2, 0.25) is 0 Å². The van der Waals surface area contributed by atoms with Crippen molar-refractivity contribution in [2.45, 2.75) is 42.5 Å². The van der Waals surface area contributed by atoms with Crippen molar-refractivity contribution in [1.82, 2.24) is 4.57 Å². The zero-order chi connectivity index (χ0) is 22.0. The third kappa shape index (κ3) is 4.81. The highest BCUT2D eigenvalue weighted by molar-refractivity contribution is 7.99. The van der Waals surface area contributed by atoms with E-state index in [2.05, 4.69) is 48.7 Å². The molecule has 0 amide bonds. The van der Waals surface area contributed by atoms with Crippen molar-refractivity contribution in [2.24, 2.45) is 0 Å². The average Bonchev–Trinajstić information content (AvgIpc) is 3.02. The van der Waals surface area contributed by atoms with Crippen molar-refractivity contribution in [3.05, 3.63) is 94.6 Å². The summed E-state index contributed by atoms with van der Waals surface area (Å²) in [6, 6.07) is 24.3. The van der Waals surface area contributed by atoms with Gasteiger partial charge in [0.1, 0.15) is 0 Å². The highest BCUT2D eigenvalue weighted by atomic mass is 35.5. The van der Waals surface area contributed by atoms with Crippen LogP contribution in [0, 0.1) is 0 Å². The monoisotopic (exact) mass is 449 g/mol. The second-order valence-electron chi connectivity index (χ2n) is 7.91. The number of fused-ring (bicyclic) bond motifs is 1. The van der Waals surface area contributed by atoms with Crippen molar-refractivity contribution in [3.63, 3.8) is 0 Å². The Morgan fingerprint density at radius 3 is 2.39 bits per heavy atom. The van der Waals surface area contributed by atoms with Gasteiger partial charge in [-0.05, 0) is 53.4 Å². The number of rotatable bonds is 7. The van der Waals surface area contributed by atoms with Crippen molar-refractivity contribution in [2.75, 3.05) is 0 Å². The molecule has 0 radical (unpaired) electrons. The Kier molecular flexibility index (Phi) is 6.40. The van der Waals surface area contributed by atoms with Crippen LogP contribution in [-0.4, -0.2) is 15.6 Å². The third-order valence-electron chi connectivity index (χ3n) is 5.35. The van der Waals surface area contributed by atoms with Gasteiger partial charge in [0.05, 0.1) is 6.42 Å². The molecular formula is C26H24ClNO2S. The molecular weight excluding hydrogens is 426 g/mol. The molecule has 0 aliphatic heterocycles. The minimum absolute atomic E-state index is 0.0333. The number of halogens is 1. The summed E-state index contributed by atoms with van der Waals surface area (Å²) in [6.07, 6.45) is -0.0333. The fraction of sp³-hybridized carbons (Fsp3) is 0.192. The van der Waals surface area contributed by atoms with E-state index >= 15 is 0 Å². The van der Waals surface area contributed by atoms with Crippen molar-refractivity contribution in [1.29, 1.82) is 0 Å². The molecule has 31 heavy (non-hydrogen) atoms. The van der Waals surface area contributed by atoms with Gasteiger partial charge in [-0.15, -0.1) is 0 Å². The number of carboxylic acid groups (broad SMARTS) is 1. The van der Waals surface area contributed by atoms with E-state index in [4.69, 9.17) is 11.6 Å². The van der Waals surface area contributed by atoms with Crippen molar-refractivity contribution in [3.8, 4) is 0 Å². The predicted octanol–water partition coefficient (Wildman–Crippen LogP) is 7.24. The van der Waals surface area contributed by atoms with Crippen LogP contribution >= 0.6 is 23.4 Å². The van der Waals surface area contributed by atoms with Crippen LogP contribution < -0.4 is 0 Å². The van der Waals surface area contributed by atoms with E-state index in [0.717, 1.165) is 32.0 Å². The van der Waals surface area contributed by atoms with Gasteiger partial charge in [-0.2, -0.15) is 0 Å². The molecule has 3 aromatic carbocycles. The maximum Gasteiger partial charge on any atom is 0.309 e. The van der Waals surface area contributed by atoms with Crippen LogP contribution in [0.2, 0.25) is 5.02 Å². The Labute approximate surface area is 191 Å². The molecule has 1 N–H and O–H groups in total. The summed E-state index contributed by atoms with van der Waals surface area (Å²) in [5.74, 6) is -0.444. The fourth-order valence-corrected chi connectivity index (χ4v) is 4.97. The lowest BCUT2D eigenvalue weighted by molar-refractivity contribution is -0.136. The number of hydrogen-bond acceptors (Lipinski definition) is 2. The molecule has 3 nitrogen and oxygen atoms in total. The minimum Gasteiger partial charge on any atom is -0.481 e. The van der Waals surface area contributed by atoms with E-state index in [-0.39, 0.29) is 6.42 Å². The first kappa shape index (κ1) is 21.5. The molecule has 0 atom stereocenters. The highest BCUT2D eigenvalue weighted by Gasteiger charge is 2.21. The van der Waals surface area contributed by atoms with Gasteiger partial charge < -0.3 is 9.67 Å². The summed E-state index contributed by atoms with van der Waals surface area (Å²) in [6.45, 7) is 4.94. The average molecular weight is 450 g/mol. The molecule has 0 bridgehead atoms. The highest BCUT2D eigenvalue weighted by Crippen LogP contribution is 2.40. The lowest BCUT2D eigenvalue weighted by atomic mass is 10.0. The lowest BCUT2D eigenvalue weighted by Crippen LogP contribution is -2.10. The van der Waals surface area contributed by atoms with Crippen molar-refractivity contribution >= 4 is 40.2 Å². The van der Waals surface area contributed by atoms with Gasteiger partial charge in [-0.25, -0.2) is 0 Å². The second-order valence-corrected chi connectivity index (χ2v) is 9.43. The first-order chi connectivity index (χ1) is 14.9. The van der Waals surface area contributed by atoms with E-state index in [1.807, 2.05) is 42.5 Å². The third-order valence-corrected chi connectivity index (χ3v) is 6.77. The smallest absolute Gasteiger partial charge is 0.309 e. The topological polar surface area (TPSA) is 42.2 Å². The molecule has 1 aromatic heterocycles. The molecule has 1 heterocycles. The SMILES string of the molecule is CC(C)c1ccc2c(c1)c(Sc1ccccc1)c(CC(=O)O)n2Cc1ccc(Cl)cc1. The number of hydrogen-bond donors (Lipinski definition) is 1. The van der Waals surface area contributed by atoms with Gasteiger partial charge in [0.15, 0.2) is 0 Å². The van der Waals surface area contributed by atoms with E-state index < -0.39 is 5.97 Å². The molecule has 4 rings (SSSR count). The standard InChI is InChI=1S/C26H24ClNO2S/c1-17(2)19-10-13-23-22(14-19)26(31-21-6-4-3-5-7-21)24(15-25(29)30)28(23)16-18-8-11-20(27)12-9-18/h3-14,17H,15-16H2,1-2H3,(H,29,30). The summed E-state index contributed by atoms with van der Waals surface area (Å²) in [4.78, 5) is 13.9. The van der Waals surface area contributed by atoms with E-state index in [1.165, 1.54) is 5.56 Å². The quantitative estimate of drug-likeness (QED) is 0.323. The van der Waals surface area contributed by atoms with E-state index in [1.54, 1.807) is 11.8 Å². The van der Waals surface area contributed by atoms with Crippen LogP contribution in [0.4, 0.5) is 0 Å². The summed E-state index contributed by atoms with van der Waals surface area (Å²) >= 11 is 7.70. The summed E-state index contributed by atoms with van der Waals surface area (Å²) in [5, 5.41) is 11.5. The minimum atomic E-state index is -0.834. The van der Waals surface area contributed by atoms with Gasteiger partial charge in [0, 0.05) is 38.0 Å². The Bertz CT molecular complexity index is 1210. The molecule has 0 spiro atoms. The normalized spacial score (nSPS) is 11.4. The second kappa shape index (κ2) is 9.21. The molecule has 0 saturated heterocycles. The fourth-order valence-electron chi connectivity index (χ4n) is 3.75. The molecule has 158 valence electrons. The first-order valence-corrected chi connectivity index (χ1v) is 11.5. The molecule has 0 fully saturated rings. The Balaban J connectivity index is 1.93. The van der Waals surface area contributed by atoms with Crippen LogP contribution in [0.15, 0.2) is 82.6 Å². The Morgan fingerprint density at radius 1 is 1.03 bits per heavy atom. The molecule has 0 unspecified atom stereocenters. The maximum atomic E-state index is 11.8. The van der Waals surface area contributed by atoms with Crippen LogP contribution in [0.1, 0.15) is 36.6 Å². The number of carboxylic acids is 1. The molecule has 0 aliphatic rings. The largest absolute Gasteiger partial charge is 0.481 e. The summed E-state index contributed by atoms with van der Waals surface area (Å²) < 4.78 is 2.14. The van der Waals surface area contributed by atoms with Crippen LogP contribution in [0.5, 0.6) is 0 Å². The number of aliphatic carboxylic acids is 1. The Hall–Kier alpha value is -2.69. The number of aromatic nitrogens is 1. The van der Waals surface area contributed by atoms with E-state index in [9.17, 15) is 9.90 Å². The molecule has 4 aromatic rings. The molecule has 0 saturated carbocycles. The van der Waals surface area contributed by atoms with Gasteiger partial charge in [-0.3, -0.25) is 4.79 Å². The van der Waals surface area contributed by atoms with Gasteiger partial charge in [0.25, 0.3) is 0 Å². The van der Waals surface area contributed by atoms with E-state index in [0.29, 0.717) is 17.5 Å². The summed E-state index contributed by atoms with van der Waals surface area (Å²) in [7, 11) is 0. The zero-order valence-corrected chi connectivity index (χ0v) is 19.1. The maximum absolute atomic E-state index is 11.8. The Morgan fingerprint density at radius 2 is 1.74 bits per heavy atom. The predicted molar refractivity (Wildman–Crippen MR) is 128 cm³/mol. The van der Waals surface area contributed by atoms with Crippen LogP contribution in [0.3, 0.4) is 0 Å². The number of carbonyl (C=O) groups is 1. The molecule has 5 heteroatoms. The summed E-state index contributed by atoms with van der Waals surface area (Å²) in [5.41, 5.74) is 4.20. The van der Waals surface area contributed by atoms with Gasteiger partial charge >= 0.3 is 5.97 Å². The lowest BCUT2D eigenvalue weighted by Gasteiger charge is -2.12. The molecule has 0 aliphatic carbocycles. The number of benzene rings is 3. The first-order valence-electron chi connectivity index (χ1n) is 10.3. The van der Waals surface area contributed by atoms with Gasteiger partial charge in [-0.1, -0.05) is 73.6 Å². The van der Waals surface area contributed by atoms with Crippen LogP contribution in [-0.2, 0) is 17.8 Å². The van der Waals surface area contributed by atoms with Crippen molar-refractivity contribution < 1.29 is 9.90 Å². The number of nitrogens with zero attached hydrogens (tertiary/aromatic N) is 1. The van der Waals surface area contributed by atoms with Crippen LogP contribution in [0.25, 0.3) is 10.9 Å².